The fraction of sp³-hybridized carbons (Fsp3) is 0.227. The van der Waals surface area contributed by atoms with E-state index < -0.39 is 0 Å². The summed E-state index contributed by atoms with van der Waals surface area (Å²) in [5.74, 6) is 1.05. The van der Waals surface area contributed by atoms with Gasteiger partial charge in [-0.25, -0.2) is 9.97 Å². The predicted molar refractivity (Wildman–Crippen MR) is 116 cm³/mol. The Hall–Kier alpha value is -3.81. The molecule has 8 nitrogen and oxygen atoms in total. The van der Waals surface area contributed by atoms with Crippen molar-refractivity contribution in [3.63, 3.8) is 0 Å². The highest BCUT2D eigenvalue weighted by atomic mass is 15.2. The van der Waals surface area contributed by atoms with Crippen molar-refractivity contribution < 1.29 is 0 Å². The average molecular weight is 396 g/mol. The number of H-pyrrole nitrogens is 2. The van der Waals surface area contributed by atoms with Gasteiger partial charge < -0.3 is 9.88 Å². The lowest BCUT2D eigenvalue weighted by Crippen LogP contribution is -2.30. The van der Waals surface area contributed by atoms with Crippen LogP contribution in [0.2, 0.25) is 0 Å². The number of rotatable bonds is 3. The van der Waals surface area contributed by atoms with Gasteiger partial charge >= 0.3 is 0 Å². The van der Waals surface area contributed by atoms with E-state index in [1.807, 2.05) is 12.3 Å². The van der Waals surface area contributed by atoms with Crippen molar-refractivity contribution >= 4 is 27.8 Å². The highest BCUT2D eigenvalue weighted by Gasteiger charge is 2.18. The van der Waals surface area contributed by atoms with Gasteiger partial charge in [-0.3, -0.25) is 15.1 Å². The number of piperidine rings is 1. The SMILES string of the molecule is c1cnc(-c2cnc3[nH]nc(-c4cc5c(N6CCCCC6)nccc5[nH]4)c3c2)cn1. The number of nitrogens with one attached hydrogen (secondary N) is 2. The fourth-order valence-corrected chi connectivity index (χ4v) is 4.22. The van der Waals surface area contributed by atoms with E-state index in [1.54, 1.807) is 24.8 Å². The molecule has 1 aliphatic rings. The third kappa shape index (κ3) is 2.80. The number of nitrogens with zero attached hydrogens (tertiary/aromatic N) is 6. The molecule has 148 valence electrons. The second-order valence-corrected chi connectivity index (χ2v) is 7.61. The average Bonchev–Trinajstić information content (AvgIpc) is 3.43. The van der Waals surface area contributed by atoms with Crippen molar-refractivity contribution in [1.82, 2.24) is 35.1 Å². The van der Waals surface area contributed by atoms with Crippen molar-refractivity contribution in [3.05, 3.63) is 49.2 Å². The molecule has 1 aliphatic heterocycles. The van der Waals surface area contributed by atoms with Gasteiger partial charge in [-0.1, -0.05) is 0 Å². The quantitative estimate of drug-likeness (QED) is 0.479. The summed E-state index contributed by atoms with van der Waals surface area (Å²) < 4.78 is 0. The molecule has 6 heterocycles. The molecule has 0 radical (unpaired) electrons. The van der Waals surface area contributed by atoms with E-state index in [0.29, 0.717) is 0 Å². The van der Waals surface area contributed by atoms with E-state index in [2.05, 4.69) is 47.2 Å². The van der Waals surface area contributed by atoms with E-state index in [1.165, 1.54) is 19.3 Å². The molecule has 0 atom stereocenters. The minimum absolute atomic E-state index is 0.741. The number of hydrogen-bond acceptors (Lipinski definition) is 6. The van der Waals surface area contributed by atoms with Crippen LogP contribution in [0.4, 0.5) is 5.82 Å². The van der Waals surface area contributed by atoms with Crippen LogP contribution in [0, 0.1) is 0 Å². The lowest BCUT2D eigenvalue weighted by molar-refractivity contribution is 0.575. The first kappa shape index (κ1) is 17.1. The second-order valence-electron chi connectivity index (χ2n) is 7.61. The first-order valence-electron chi connectivity index (χ1n) is 10.2. The van der Waals surface area contributed by atoms with Crippen LogP contribution in [0.25, 0.3) is 44.6 Å². The van der Waals surface area contributed by atoms with Crippen LogP contribution < -0.4 is 4.90 Å². The molecule has 0 aromatic carbocycles. The molecule has 1 fully saturated rings. The highest BCUT2D eigenvalue weighted by Crippen LogP contribution is 2.33. The molecule has 0 unspecified atom stereocenters. The van der Waals surface area contributed by atoms with Gasteiger partial charge in [0.2, 0.25) is 0 Å². The number of hydrogen-bond donors (Lipinski definition) is 2. The maximum atomic E-state index is 4.69. The van der Waals surface area contributed by atoms with Gasteiger partial charge in [-0.2, -0.15) is 5.10 Å². The van der Waals surface area contributed by atoms with Gasteiger partial charge in [0.1, 0.15) is 11.5 Å². The summed E-state index contributed by atoms with van der Waals surface area (Å²) in [7, 11) is 0. The third-order valence-corrected chi connectivity index (χ3v) is 5.71. The monoisotopic (exact) mass is 396 g/mol. The summed E-state index contributed by atoms with van der Waals surface area (Å²) in [6, 6.07) is 6.22. The molecule has 0 saturated carbocycles. The smallest absolute Gasteiger partial charge is 0.155 e. The van der Waals surface area contributed by atoms with Crippen LogP contribution in [0.5, 0.6) is 0 Å². The van der Waals surface area contributed by atoms with Crippen LogP contribution in [0.1, 0.15) is 19.3 Å². The minimum Gasteiger partial charge on any atom is -0.356 e. The third-order valence-electron chi connectivity index (χ3n) is 5.71. The molecule has 2 N–H and O–H groups in total. The number of aromatic nitrogens is 7. The van der Waals surface area contributed by atoms with Gasteiger partial charge in [0, 0.05) is 54.2 Å². The van der Waals surface area contributed by atoms with Crippen molar-refractivity contribution in [2.45, 2.75) is 19.3 Å². The fourth-order valence-electron chi connectivity index (χ4n) is 4.22. The summed E-state index contributed by atoms with van der Waals surface area (Å²) in [5.41, 5.74) is 5.28. The van der Waals surface area contributed by atoms with Crippen LogP contribution in [-0.2, 0) is 0 Å². The van der Waals surface area contributed by atoms with Crippen molar-refractivity contribution in [3.8, 4) is 22.6 Å². The zero-order valence-electron chi connectivity index (χ0n) is 16.3. The van der Waals surface area contributed by atoms with Gasteiger partial charge in [-0.05, 0) is 37.5 Å². The molecule has 1 saturated heterocycles. The van der Waals surface area contributed by atoms with Crippen LogP contribution >= 0.6 is 0 Å². The van der Waals surface area contributed by atoms with Crippen molar-refractivity contribution in [1.29, 1.82) is 0 Å². The minimum atomic E-state index is 0.741. The lowest BCUT2D eigenvalue weighted by Gasteiger charge is -2.28. The van der Waals surface area contributed by atoms with Crippen LogP contribution in [0.15, 0.2) is 49.2 Å². The zero-order chi connectivity index (χ0) is 19.9. The Kier molecular flexibility index (Phi) is 3.93. The molecule has 0 bridgehead atoms. The molecule has 5 aromatic heterocycles. The van der Waals surface area contributed by atoms with Crippen molar-refractivity contribution in [2.75, 3.05) is 18.0 Å². The van der Waals surface area contributed by atoms with Crippen molar-refractivity contribution in [2.24, 2.45) is 0 Å². The molecule has 0 amide bonds. The summed E-state index contributed by atoms with van der Waals surface area (Å²) in [6.45, 7) is 2.12. The standard InChI is InChI=1S/C22H20N8/c1-2-8-30(9-3-1)22-15-11-18(27-17(15)4-5-25-22)20-16-10-14(12-26-21(16)29-28-20)19-13-23-6-7-24-19/h4-7,10-13,27H,1-3,8-9H2,(H,26,28,29). The summed E-state index contributed by atoms with van der Waals surface area (Å²) in [5, 5.41) is 9.66. The van der Waals surface area contributed by atoms with Gasteiger partial charge in [0.15, 0.2) is 5.65 Å². The second kappa shape index (κ2) is 6.91. The Morgan fingerprint density at radius 1 is 0.867 bits per heavy atom. The first-order valence-corrected chi connectivity index (χ1v) is 10.2. The molecule has 6 rings (SSSR count). The first-order chi connectivity index (χ1) is 14.9. The van der Waals surface area contributed by atoms with Gasteiger partial charge in [0.25, 0.3) is 0 Å². The highest BCUT2D eigenvalue weighted by molar-refractivity contribution is 5.98. The van der Waals surface area contributed by atoms with E-state index >= 15 is 0 Å². The van der Waals surface area contributed by atoms with E-state index in [0.717, 1.165) is 63.5 Å². The normalized spacial score (nSPS) is 14.6. The summed E-state index contributed by atoms with van der Waals surface area (Å²) in [4.78, 5) is 23.7. The molecular weight excluding hydrogens is 376 g/mol. The van der Waals surface area contributed by atoms with Gasteiger partial charge in [0.05, 0.1) is 23.1 Å². The Morgan fingerprint density at radius 2 is 1.80 bits per heavy atom. The largest absolute Gasteiger partial charge is 0.356 e. The molecule has 30 heavy (non-hydrogen) atoms. The van der Waals surface area contributed by atoms with E-state index in [4.69, 9.17) is 4.98 Å². The number of pyridine rings is 2. The Morgan fingerprint density at radius 3 is 2.67 bits per heavy atom. The zero-order valence-corrected chi connectivity index (χ0v) is 16.3. The van der Waals surface area contributed by atoms with Gasteiger partial charge in [-0.15, -0.1) is 0 Å². The topological polar surface area (TPSA) is 99.3 Å². The molecule has 0 aliphatic carbocycles. The molecule has 8 heteroatoms. The van der Waals surface area contributed by atoms with E-state index in [-0.39, 0.29) is 0 Å². The molecule has 5 aromatic rings. The summed E-state index contributed by atoms with van der Waals surface area (Å²) in [6.07, 6.45) is 12.5. The molecular formula is C22H20N8. The number of fused-ring (bicyclic) bond motifs is 2. The number of aromatic amines is 2. The number of anilines is 1. The Labute approximate surface area is 172 Å². The maximum Gasteiger partial charge on any atom is 0.155 e. The summed E-state index contributed by atoms with van der Waals surface area (Å²) >= 11 is 0. The van der Waals surface area contributed by atoms with E-state index in [9.17, 15) is 0 Å². The molecule has 0 spiro atoms. The lowest BCUT2D eigenvalue weighted by atomic mass is 10.1. The predicted octanol–water partition coefficient (Wildman–Crippen LogP) is 3.95. The van der Waals surface area contributed by atoms with Crippen LogP contribution in [-0.4, -0.2) is 48.2 Å². The Bertz CT molecular complexity index is 1330. The van der Waals surface area contributed by atoms with Crippen LogP contribution in [0.3, 0.4) is 0 Å². The maximum absolute atomic E-state index is 4.69. The Balaban J connectivity index is 1.47.